The first kappa shape index (κ1) is 35.4. The third kappa shape index (κ3) is 22.2. The summed E-state index contributed by atoms with van der Waals surface area (Å²) in [4.78, 5) is 25.0. The summed E-state index contributed by atoms with van der Waals surface area (Å²) in [5, 5.41) is 0. The number of hydrogen-bond acceptors (Lipinski definition) is 6. The van der Waals surface area contributed by atoms with Crippen LogP contribution in [-0.2, 0) is 19.1 Å². The van der Waals surface area contributed by atoms with Gasteiger partial charge in [0.2, 0.25) is 0 Å². The predicted octanol–water partition coefficient (Wildman–Crippen LogP) is 9.01. The third-order valence-electron chi connectivity index (χ3n) is 6.11. The van der Waals surface area contributed by atoms with E-state index in [-0.39, 0.29) is 11.9 Å². The van der Waals surface area contributed by atoms with Crippen molar-refractivity contribution in [2.45, 2.75) is 127 Å². The van der Waals surface area contributed by atoms with E-state index in [1.165, 1.54) is 47.4 Å². The molecule has 0 aliphatic heterocycles. The number of carbonyl (C=O) groups excluding carboxylic acids is 2. The molecule has 0 radical (unpaired) electrons. The maximum atomic E-state index is 12.5. The van der Waals surface area contributed by atoms with Gasteiger partial charge in [-0.1, -0.05) is 0 Å². The standard InChI is InChI=1S/2C10H20O2S.2C4H9.Sn/c2*1-9(2)6-4-3-5-7-12-10(11)8-13;2*1-3-4-2;/h2*9,13H,3-8H2,1-2H3;2*1,3-4H2,2H3;/q;;;;+2/p-2. The van der Waals surface area contributed by atoms with E-state index in [1.807, 2.05) is 17.9 Å². The molecule has 0 fully saturated rings. The van der Waals surface area contributed by atoms with Crippen LogP contribution in [0.3, 0.4) is 0 Å². The van der Waals surface area contributed by atoms with Crippen LogP contribution in [0.4, 0.5) is 0 Å². The summed E-state index contributed by atoms with van der Waals surface area (Å²) in [5.41, 5.74) is 0. The molecule has 0 bridgehead atoms. The van der Waals surface area contributed by atoms with E-state index >= 15 is 0 Å². The van der Waals surface area contributed by atoms with Crippen LogP contribution < -0.4 is 0 Å². The summed E-state index contributed by atoms with van der Waals surface area (Å²) in [6, 6.07) is 0. The van der Waals surface area contributed by atoms with Gasteiger partial charge in [-0.25, -0.2) is 0 Å². The van der Waals surface area contributed by atoms with Gasteiger partial charge in [-0.05, 0) is 0 Å². The van der Waals surface area contributed by atoms with E-state index in [9.17, 15) is 9.59 Å². The van der Waals surface area contributed by atoms with Crippen LogP contribution >= 0.6 is 17.9 Å². The Hall–Kier alpha value is 0.439. The molecular formula is C28H56O4S2Sn. The van der Waals surface area contributed by atoms with Crippen LogP contribution in [-0.4, -0.2) is 52.3 Å². The fraction of sp³-hybridized carbons (Fsp3) is 0.929. The molecule has 0 N–H and O–H groups in total. The molecule has 0 heterocycles. The van der Waals surface area contributed by atoms with E-state index in [0.29, 0.717) is 24.7 Å². The third-order valence-corrected chi connectivity index (χ3v) is 36.0. The Morgan fingerprint density at radius 3 is 1.37 bits per heavy atom. The normalized spacial score (nSPS) is 11.9. The van der Waals surface area contributed by atoms with Crippen molar-refractivity contribution in [3.63, 3.8) is 0 Å². The van der Waals surface area contributed by atoms with Crippen molar-refractivity contribution in [1.29, 1.82) is 0 Å². The van der Waals surface area contributed by atoms with Crippen LogP contribution in [0, 0.1) is 11.8 Å². The second kappa shape index (κ2) is 23.5. The molecule has 0 amide bonds. The molecule has 0 aliphatic carbocycles. The first-order valence-corrected chi connectivity index (χ1v) is 27.3. The zero-order valence-electron chi connectivity index (χ0n) is 23.8. The van der Waals surface area contributed by atoms with Gasteiger partial charge in [-0.3, -0.25) is 0 Å². The van der Waals surface area contributed by atoms with Crippen LogP contribution in [0.15, 0.2) is 0 Å². The molecule has 35 heavy (non-hydrogen) atoms. The van der Waals surface area contributed by atoms with Crippen molar-refractivity contribution < 1.29 is 19.1 Å². The van der Waals surface area contributed by atoms with E-state index in [1.54, 1.807) is 0 Å². The molecule has 0 spiro atoms. The van der Waals surface area contributed by atoms with Crippen LogP contribution in [0.25, 0.3) is 0 Å². The van der Waals surface area contributed by atoms with Gasteiger partial charge in [0.1, 0.15) is 0 Å². The molecule has 0 aromatic carbocycles. The zero-order valence-corrected chi connectivity index (χ0v) is 28.3. The molecule has 0 saturated carbocycles. The van der Waals surface area contributed by atoms with Gasteiger partial charge >= 0.3 is 229 Å². The summed E-state index contributed by atoms with van der Waals surface area (Å²) in [6.07, 6.45) is 13.8. The number of carbonyl (C=O) groups is 2. The molecular weight excluding hydrogens is 583 g/mol. The average molecular weight is 640 g/mol. The van der Waals surface area contributed by atoms with Crippen molar-refractivity contribution >= 4 is 45.4 Å². The molecule has 0 atom stereocenters. The maximum absolute atomic E-state index is 12.5. The topological polar surface area (TPSA) is 52.6 Å². The Labute approximate surface area is 227 Å². The summed E-state index contributed by atoms with van der Waals surface area (Å²) in [7, 11) is 3.80. The Balaban J connectivity index is 4.57. The minimum atomic E-state index is -2.77. The fourth-order valence-electron chi connectivity index (χ4n) is 3.85. The summed E-state index contributed by atoms with van der Waals surface area (Å²) in [5.74, 6) is 2.24. The number of unbranched alkanes of at least 4 members (excludes halogenated alkanes) is 6. The number of ether oxygens (including phenoxy) is 2. The number of esters is 2. The Kier molecular flexibility index (Phi) is 23.8. The van der Waals surface area contributed by atoms with Gasteiger partial charge < -0.3 is 0 Å². The van der Waals surface area contributed by atoms with Gasteiger partial charge in [0, 0.05) is 0 Å². The van der Waals surface area contributed by atoms with E-state index in [0.717, 1.165) is 50.4 Å². The molecule has 0 unspecified atom stereocenters. The molecule has 0 aliphatic rings. The van der Waals surface area contributed by atoms with Crippen LogP contribution in [0.2, 0.25) is 8.87 Å². The Morgan fingerprint density at radius 2 is 1.03 bits per heavy atom. The number of hydrogen-bond donors (Lipinski definition) is 0. The van der Waals surface area contributed by atoms with E-state index in [4.69, 9.17) is 9.47 Å². The molecule has 0 aromatic rings. The van der Waals surface area contributed by atoms with Crippen LogP contribution in [0.1, 0.15) is 119 Å². The Bertz CT molecular complexity index is 483. The van der Waals surface area contributed by atoms with Gasteiger partial charge in [0.05, 0.1) is 0 Å². The van der Waals surface area contributed by atoms with Crippen molar-refractivity contribution in [3.8, 4) is 0 Å². The van der Waals surface area contributed by atoms with E-state index in [2.05, 4.69) is 41.5 Å². The monoisotopic (exact) mass is 640 g/mol. The van der Waals surface area contributed by atoms with Gasteiger partial charge in [0.25, 0.3) is 0 Å². The average Bonchev–Trinajstić information content (AvgIpc) is 2.82. The van der Waals surface area contributed by atoms with Crippen molar-refractivity contribution in [2.24, 2.45) is 11.8 Å². The van der Waals surface area contributed by atoms with Crippen molar-refractivity contribution in [1.82, 2.24) is 0 Å². The van der Waals surface area contributed by atoms with Gasteiger partial charge in [-0.15, -0.1) is 0 Å². The second-order valence-corrected chi connectivity index (χ2v) is 37.0. The summed E-state index contributed by atoms with van der Waals surface area (Å²) < 4.78 is 13.5. The summed E-state index contributed by atoms with van der Waals surface area (Å²) >= 11 is -2.77. The first-order chi connectivity index (χ1) is 16.7. The van der Waals surface area contributed by atoms with Crippen LogP contribution in [0.5, 0.6) is 0 Å². The molecule has 0 rings (SSSR count). The van der Waals surface area contributed by atoms with Crippen molar-refractivity contribution in [2.75, 3.05) is 24.7 Å². The molecule has 4 nitrogen and oxygen atoms in total. The SMILES string of the molecule is CCC[CH2][Sn]([CH2]CCC)([S]CC(=O)OCCCCCC(C)C)[S]CC(=O)OCCCCCC(C)C. The molecule has 208 valence electrons. The molecule has 7 heteroatoms. The Morgan fingerprint density at radius 1 is 0.629 bits per heavy atom. The van der Waals surface area contributed by atoms with Crippen molar-refractivity contribution in [3.05, 3.63) is 0 Å². The van der Waals surface area contributed by atoms with Gasteiger partial charge in [-0.2, -0.15) is 0 Å². The molecule has 0 aromatic heterocycles. The van der Waals surface area contributed by atoms with E-state index < -0.39 is 15.6 Å². The second-order valence-electron chi connectivity index (χ2n) is 10.6. The van der Waals surface area contributed by atoms with Gasteiger partial charge in [0.15, 0.2) is 0 Å². The zero-order chi connectivity index (χ0) is 26.4. The fourth-order valence-corrected chi connectivity index (χ4v) is 31.3. The predicted molar refractivity (Wildman–Crippen MR) is 159 cm³/mol. The quantitative estimate of drug-likeness (QED) is 0.0597. The summed E-state index contributed by atoms with van der Waals surface area (Å²) in [6.45, 7) is 14.5. The molecule has 0 saturated heterocycles. The number of rotatable bonds is 24. The first-order valence-electron chi connectivity index (χ1n) is 14.3. The minimum absolute atomic E-state index is 0.0718.